The zero-order chi connectivity index (χ0) is 21.2. The summed E-state index contributed by atoms with van der Waals surface area (Å²) in [7, 11) is 0. The number of hydrogen-bond donors (Lipinski definition) is 1. The van der Waals surface area contributed by atoms with Crippen molar-refractivity contribution >= 4 is 17.0 Å². The maximum atomic E-state index is 14.4. The van der Waals surface area contributed by atoms with E-state index in [-0.39, 0.29) is 34.6 Å². The van der Waals surface area contributed by atoms with Crippen LogP contribution in [-0.2, 0) is 4.84 Å². The number of benzene rings is 1. The standard InChI is InChI=1S/C20H15F3N4O3/c21-9-1-2-16(15(23)4-9)27-8-14(18(28)11-3-10(22)5-25-19(11)27)20(29)30-26-6-12-13(7-26)17(12)24/h1-5,8,12-13,17H,6-7,24H2. The van der Waals surface area contributed by atoms with E-state index in [1.54, 1.807) is 0 Å². The summed E-state index contributed by atoms with van der Waals surface area (Å²) in [5, 5.41) is 1.19. The Balaban J connectivity index is 1.60. The largest absolute Gasteiger partial charge is 0.364 e. The molecule has 1 saturated heterocycles. The van der Waals surface area contributed by atoms with E-state index in [0.29, 0.717) is 19.2 Å². The molecule has 5 rings (SSSR count). The number of aromatic nitrogens is 2. The average molecular weight is 416 g/mol. The molecule has 30 heavy (non-hydrogen) atoms. The van der Waals surface area contributed by atoms with Crippen LogP contribution in [0.5, 0.6) is 0 Å². The lowest BCUT2D eigenvalue weighted by molar-refractivity contribution is -0.101. The second-order valence-electron chi connectivity index (χ2n) is 7.49. The maximum absolute atomic E-state index is 14.4. The minimum atomic E-state index is -0.961. The molecule has 2 N–H and O–H groups in total. The monoisotopic (exact) mass is 416 g/mol. The molecule has 2 fully saturated rings. The number of piperidine rings is 1. The van der Waals surface area contributed by atoms with Crippen LogP contribution in [0.3, 0.4) is 0 Å². The molecule has 1 aliphatic carbocycles. The van der Waals surface area contributed by atoms with Crippen LogP contribution < -0.4 is 11.2 Å². The summed E-state index contributed by atoms with van der Waals surface area (Å²) in [5.41, 5.74) is 4.38. The summed E-state index contributed by atoms with van der Waals surface area (Å²) in [6.45, 7) is 0.921. The van der Waals surface area contributed by atoms with E-state index in [1.165, 1.54) is 5.06 Å². The molecule has 7 nitrogen and oxygen atoms in total. The second kappa shape index (κ2) is 6.64. The molecule has 3 aromatic rings. The number of fused-ring (bicyclic) bond motifs is 2. The smallest absolute Gasteiger partial charge is 0.362 e. The number of hydroxylamine groups is 2. The average Bonchev–Trinajstić information content (AvgIpc) is 3.10. The van der Waals surface area contributed by atoms with Crippen LogP contribution in [0, 0.1) is 29.3 Å². The third-order valence-electron chi connectivity index (χ3n) is 5.64. The quantitative estimate of drug-likeness (QED) is 0.700. The Labute approximate surface area is 167 Å². The van der Waals surface area contributed by atoms with E-state index in [0.717, 1.165) is 35.2 Å². The highest BCUT2D eigenvalue weighted by Gasteiger charge is 2.54. The Morgan fingerprint density at radius 1 is 1.13 bits per heavy atom. The first-order chi connectivity index (χ1) is 14.3. The van der Waals surface area contributed by atoms with E-state index >= 15 is 0 Å². The minimum Gasteiger partial charge on any atom is -0.364 e. The minimum absolute atomic E-state index is 0.0863. The predicted octanol–water partition coefficient (Wildman–Crippen LogP) is 1.76. The van der Waals surface area contributed by atoms with E-state index in [2.05, 4.69) is 4.98 Å². The Kier molecular flexibility index (Phi) is 4.16. The SMILES string of the molecule is NC1C2CN(OC(=O)c3cn(-c4ccc(F)cc4F)c4ncc(F)cc4c3=O)CC12. The van der Waals surface area contributed by atoms with Gasteiger partial charge < -0.3 is 10.6 Å². The van der Waals surface area contributed by atoms with Gasteiger partial charge in [-0.25, -0.2) is 22.9 Å². The molecular formula is C20H15F3N4O3. The number of pyridine rings is 2. The molecule has 1 aromatic carbocycles. The molecule has 1 saturated carbocycles. The van der Waals surface area contributed by atoms with E-state index in [4.69, 9.17) is 10.6 Å². The predicted molar refractivity (Wildman–Crippen MR) is 99.2 cm³/mol. The first-order valence-corrected chi connectivity index (χ1v) is 9.22. The van der Waals surface area contributed by atoms with Crippen molar-refractivity contribution in [3.8, 4) is 5.69 Å². The van der Waals surface area contributed by atoms with Crippen molar-refractivity contribution in [2.24, 2.45) is 17.6 Å². The van der Waals surface area contributed by atoms with Gasteiger partial charge in [-0.1, -0.05) is 0 Å². The van der Waals surface area contributed by atoms with Gasteiger partial charge in [-0.2, -0.15) is 0 Å². The van der Waals surface area contributed by atoms with Crippen LogP contribution in [0.2, 0.25) is 0 Å². The number of carbonyl (C=O) groups is 1. The second-order valence-corrected chi connectivity index (χ2v) is 7.49. The summed E-state index contributed by atoms with van der Waals surface area (Å²) in [6, 6.07) is 3.80. The molecule has 0 radical (unpaired) electrons. The molecule has 2 atom stereocenters. The number of hydrogen-bond acceptors (Lipinski definition) is 6. The highest BCUT2D eigenvalue weighted by atomic mass is 19.1. The van der Waals surface area contributed by atoms with E-state index in [1.807, 2.05) is 0 Å². The van der Waals surface area contributed by atoms with E-state index < -0.39 is 34.4 Å². The third kappa shape index (κ3) is 2.96. The lowest BCUT2D eigenvalue weighted by Gasteiger charge is -2.18. The van der Waals surface area contributed by atoms with E-state index in [9.17, 15) is 22.8 Å². The third-order valence-corrected chi connectivity index (χ3v) is 5.64. The number of rotatable bonds is 3. The fourth-order valence-corrected chi connectivity index (χ4v) is 3.97. The molecule has 0 bridgehead atoms. The molecule has 0 amide bonds. The number of carbonyl (C=O) groups excluding carboxylic acids is 1. The van der Waals surface area contributed by atoms with Gasteiger partial charge in [0.1, 0.15) is 28.7 Å². The van der Waals surface area contributed by atoms with Gasteiger partial charge in [0, 0.05) is 31.4 Å². The van der Waals surface area contributed by atoms with Crippen LogP contribution in [0.4, 0.5) is 13.2 Å². The van der Waals surface area contributed by atoms with Gasteiger partial charge in [0.15, 0.2) is 0 Å². The first kappa shape index (κ1) is 18.8. The van der Waals surface area contributed by atoms with Crippen LogP contribution in [0.25, 0.3) is 16.7 Å². The van der Waals surface area contributed by atoms with Crippen molar-refractivity contribution in [3.63, 3.8) is 0 Å². The molecule has 154 valence electrons. The molecule has 2 unspecified atom stereocenters. The molecule has 2 aliphatic rings. The maximum Gasteiger partial charge on any atom is 0.362 e. The molecule has 1 aliphatic heterocycles. The Morgan fingerprint density at radius 3 is 2.57 bits per heavy atom. The highest BCUT2D eigenvalue weighted by molar-refractivity contribution is 5.93. The van der Waals surface area contributed by atoms with Crippen molar-refractivity contribution in [3.05, 3.63) is 69.9 Å². The summed E-state index contributed by atoms with van der Waals surface area (Å²) >= 11 is 0. The first-order valence-electron chi connectivity index (χ1n) is 9.22. The number of halogens is 3. The summed E-state index contributed by atoms with van der Waals surface area (Å²) in [5.74, 6) is -3.01. The van der Waals surface area contributed by atoms with Crippen LogP contribution >= 0.6 is 0 Å². The molecule has 3 heterocycles. The van der Waals surface area contributed by atoms with Crippen LogP contribution in [-0.4, -0.2) is 39.7 Å². The Bertz CT molecular complexity index is 1250. The van der Waals surface area contributed by atoms with Crippen molar-refractivity contribution in [1.82, 2.24) is 14.6 Å². The molecule has 10 heteroatoms. The topological polar surface area (TPSA) is 90.4 Å². The lowest BCUT2D eigenvalue weighted by atomic mass is 10.1. The van der Waals surface area contributed by atoms with Gasteiger partial charge in [-0.15, -0.1) is 5.06 Å². The van der Waals surface area contributed by atoms with Gasteiger partial charge in [0.05, 0.1) is 17.3 Å². The summed E-state index contributed by atoms with van der Waals surface area (Å²) < 4.78 is 42.6. The number of nitrogens with zero attached hydrogens (tertiary/aromatic N) is 3. The lowest BCUT2D eigenvalue weighted by Crippen LogP contribution is -2.32. The Morgan fingerprint density at radius 2 is 1.87 bits per heavy atom. The summed E-state index contributed by atoms with van der Waals surface area (Å²) in [6.07, 6.45) is 1.92. The number of nitrogens with two attached hydrogens (primary N) is 1. The van der Waals surface area contributed by atoms with Gasteiger partial charge in [0.2, 0.25) is 5.43 Å². The van der Waals surface area contributed by atoms with Crippen molar-refractivity contribution < 1.29 is 22.8 Å². The van der Waals surface area contributed by atoms with Crippen molar-refractivity contribution in [2.75, 3.05) is 13.1 Å². The van der Waals surface area contributed by atoms with Gasteiger partial charge in [0.25, 0.3) is 0 Å². The molecule has 2 aromatic heterocycles. The van der Waals surface area contributed by atoms with Gasteiger partial charge in [-0.3, -0.25) is 9.36 Å². The fraction of sp³-hybridized carbons (Fsp3) is 0.250. The Hall–Kier alpha value is -3.24. The summed E-state index contributed by atoms with van der Waals surface area (Å²) in [4.78, 5) is 34.7. The van der Waals surface area contributed by atoms with Crippen molar-refractivity contribution in [1.29, 1.82) is 0 Å². The highest BCUT2D eigenvalue weighted by Crippen LogP contribution is 2.43. The molecule has 0 spiro atoms. The zero-order valence-electron chi connectivity index (χ0n) is 15.4. The molecular weight excluding hydrogens is 401 g/mol. The van der Waals surface area contributed by atoms with Gasteiger partial charge >= 0.3 is 5.97 Å². The normalized spacial score (nSPS) is 22.9. The van der Waals surface area contributed by atoms with Gasteiger partial charge in [-0.05, 0) is 30.0 Å². The van der Waals surface area contributed by atoms with Crippen LogP contribution in [0.15, 0.2) is 41.5 Å². The van der Waals surface area contributed by atoms with Crippen LogP contribution in [0.1, 0.15) is 10.4 Å². The fourth-order valence-electron chi connectivity index (χ4n) is 3.97. The zero-order valence-corrected chi connectivity index (χ0v) is 15.4. The van der Waals surface area contributed by atoms with Crippen molar-refractivity contribution in [2.45, 2.75) is 6.04 Å².